The first-order chi connectivity index (χ1) is 16.3. The number of hydrogen-bond donors (Lipinski definition) is 1. The molecule has 0 aliphatic carbocycles. The van der Waals surface area contributed by atoms with Gasteiger partial charge in [0.2, 0.25) is 0 Å². The van der Waals surface area contributed by atoms with Crippen molar-refractivity contribution in [2.75, 3.05) is 23.3 Å². The van der Waals surface area contributed by atoms with E-state index in [1.807, 2.05) is 24.3 Å². The molecule has 0 unspecified atom stereocenters. The number of piperidine rings is 1. The molecular weight excluding hydrogens is 428 g/mol. The van der Waals surface area contributed by atoms with E-state index in [9.17, 15) is 0 Å². The van der Waals surface area contributed by atoms with Gasteiger partial charge in [0.1, 0.15) is 12.4 Å². The zero-order chi connectivity index (χ0) is 22.5. The van der Waals surface area contributed by atoms with Crippen molar-refractivity contribution in [3.63, 3.8) is 0 Å². The fourth-order valence-electron chi connectivity index (χ4n) is 4.57. The van der Waals surface area contributed by atoms with Gasteiger partial charge in [-0.1, -0.05) is 72.3 Å². The minimum atomic E-state index is 0.544. The summed E-state index contributed by atoms with van der Waals surface area (Å²) in [6.45, 7) is 3.38. The van der Waals surface area contributed by atoms with Gasteiger partial charge in [0, 0.05) is 30.9 Å². The quantitative estimate of drug-likeness (QED) is 0.308. The van der Waals surface area contributed by atoms with Crippen LogP contribution in [0.15, 0.2) is 84.9 Å². The number of benzene rings is 4. The van der Waals surface area contributed by atoms with Gasteiger partial charge in [0.25, 0.3) is 0 Å². The summed E-state index contributed by atoms with van der Waals surface area (Å²) in [4.78, 5) is 2.40. The highest BCUT2D eigenvalue weighted by Crippen LogP contribution is 2.33. The third-order valence-corrected chi connectivity index (χ3v) is 6.65. The lowest BCUT2D eigenvalue weighted by atomic mass is 10.0. The number of anilines is 2. The number of rotatable bonds is 7. The van der Waals surface area contributed by atoms with E-state index in [-0.39, 0.29) is 0 Å². The molecule has 3 nitrogen and oxygen atoms in total. The fraction of sp³-hybridized carbons (Fsp3) is 0.241. The molecule has 1 saturated heterocycles. The maximum Gasteiger partial charge on any atom is 0.125 e. The first kappa shape index (κ1) is 21.7. The van der Waals surface area contributed by atoms with Gasteiger partial charge in [-0.25, -0.2) is 0 Å². The zero-order valence-corrected chi connectivity index (χ0v) is 19.5. The highest BCUT2D eigenvalue weighted by atomic mass is 35.5. The highest BCUT2D eigenvalue weighted by Gasteiger charge is 2.15. The van der Waals surface area contributed by atoms with Crippen LogP contribution < -0.4 is 15.0 Å². The number of nitrogens with zero attached hydrogens (tertiary/aromatic N) is 1. The van der Waals surface area contributed by atoms with E-state index < -0.39 is 0 Å². The monoisotopic (exact) mass is 456 g/mol. The Balaban J connectivity index is 1.36. The maximum absolute atomic E-state index is 6.68. The number of hydrogen-bond acceptors (Lipinski definition) is 3. The van der Waals surface area contributed by atoms with Gasteiger partial charge < -0.3 is 15.0 Å². The third kappa shape index (κ3) is 5.09. The van der Waals surface area contributed by atoms with Gasteiger partial charge in [-0.2, -0.15) is 0 Å². The van der Waals surface area contributed by atoms with Gasteiger partial charge in [-0.05, 0) is 59.9 Å². The first-order valence-corrected chi connectivity index (χ1v) is 12.1. The van der Waals surface area contributed by atoms with Crippen LogP contribution in [0.3, 0.4) is 0 Å². The normalized spacial score (nSPS) is 13.8. The van der Waals surface area contributed by atoms with Crippen molar-refractivity contribution >= 4 is 33.7 Å². The van der Waals surface area contributed by atoms with E-state index in [1.165, 1.54) is 30.0 Å². The Hall–Kier alpha value is -3.17. The summed E-state index contributed by atoms with van der Waals surface area (Å²) in [6, 6.07) is 29.3. The van der Waals surface area contributed by atoms with Crippen LogP contribution in [0.1, 0.15) is 30.4 Å². The van der Waals surface area contributed by atoms with Gasteiger partial charge in [-0.15, -0.1) is 0 Å². The number of ether oxygens (including phenoxy) is 1. The molecule has 0 atom stereocenters. The Bertz CT molecular complexity index is 1220. The summed E-state index contributed by atoms with van der Waals surface area (Å²) in [7, 11) is 0. The average molecular weight is 457 g/mol. The molecule has 0 radical (unpaired) electrons. The second kappa shape index (κ2) is 10.2. The predicted molar refractivity (Wildman–Crippen MR) is 140 cm³/mol. The van der Waals surface area contributed by atoms with Crippen molar-refractivity contribution in [2.45, 2.75) is 32.4 Å². The van der Waals surface area contributed by atoms with Crippen LogP contribution in [0.25, 0.3) is 10.8 Å². The Morgan fingerprint density at radius 2 is 1.61 bits per heavy atom. The van der Waals surface area contributed by atoms with Crippen LogP contribution in [0.2, 0.25) is 5.02 Å². The smallest absolute Gasteiger partial charge is 0.125 e. The summed E-state index contributed by atoms with van der Waals surface area (Å²) >= 11 is 6.68. The van der Waals surface area contributed by atoms with E-state index >= 15 is 0 Å². The molecule has 0 amide bonds. The summed E-state index contributed by atoms with van der Waals surface area (Å²) in [5, 5.41) is 6.79. The van der Waals surface area contributed by atoms with Crippen molar-refractivity contribution < 1.29 is 4.74 Å². The Morgan fingerprint density at radius 3 is 2.42 bits per heavy atom. The molecule has 4 heteroatoms. The molecule has 0 bridgehead atoms. The second-order valence-corrected chi connectivity index (χ2v) is 9.01. The lowest BCUT2D eigenvalue weighted by Gasteiger charge is -2.29. The summed E-state index contributed by atoms with van der Waals surface area (Å²) < 4.78 is 6.27. The lowest BCUT2D eigenvalue weighted by Crippen LogP contribution is -2.29. The standard InChI is InChI=1S/C29H29ClN2O/c30-27-19-24(14-15-28(27)32-17-7-2-8-18-32)31-20-26-25-12-6-5-11-23(25)13-16-29(26)33-21-22-9-3-1-4-10-22/h1,3-6,9-16,19,31H,2,7-8,17-18,20-21H2. The lowest BCUT2D eigenvalue weighted by molar-refractivity contribution is 0.304. The van der Waals surface area contributed by atoms with Crippen LogP contribution in [-0.4, -0.2) is 13.1 Å². The fourth-order valence-corrected chi connectivity index (χ4v) is 4.87. The molecule has 1 aliphatic heterocycles. The van der Waals surface area contributed by atoms with E-state index in [0.29, 0.717) is 13.2 Å². The third-order valence-electron chi connectivity index (χ3n) is 6.35. The van der Waals surface area contributed by atoms with E-state index in [1.54, 1.807) is 0 Å². The molecule has 0 saturated carbocycles. The summed E-state index contributed by atoms with van der Waals surface area (Å²) in [6.07, 6.45) is 3.79. The van der Waals surface area contributed by atoms with Gasteiger partial charge >= 0.3 is 0 Å². The number of halogens is 1. The van der Waals surface area contributed by atoms with Crippen molar-refractivity contribution in [2.24, 2.45) is 0 Å². The molecule has 0 aromatic heterocycles. The average Bonchev–Trinajstić information content (AvgIpc) is 2.87. The molecule has 4 aromatic rings. The van der Waals surface area contributed by atoms with Gasteiger partial charge in [0.15, 0.2) is 0 Å². The first-order valence-electron chi connectivity index (χ1n) is 11.7. The Kier molecular flexibility index (Phi) is 6.68. The summed E-state index contributed by atoms with van der Waals surface area (Å²) in [5.41, 5.74) is 4.46. The maximum atomic E-state index is 6.68. The van der Waals surface area contributed by atoms with Crippen molar-refractivity contribution in [1.29, 1.82) is 0 Å². The van der Waals surface area contributed by atoms with Gasteiger partial charge in [0.05, 0.1) is 10.7 Å². The van der Waals surface area contributed by atoms with Crippen LogP contribution >= 0.6 is 11.6 Å². The van der Waals surface area contributed by atoms with Crippen LogP contribution in [-0.2, 0) is 13.2 Å². The molecule has 1 aliphatic rings. The SMILES string of the molecule is Clc1cc(NCc2c(OCc3ccccc3)ccc3ccccc23)ccc1N1CCCCC1. The zero-order valence-electron chi connectivity index (χ0n) is 18.8. The molecule has 1 N–H and O–H groups in total. The van der Waals surface area contributed by atoms with Crippen LogP contribution in [0, 0.1) is 0 Å². The minimum Gasteiger partial charge on any atom is -0.489 e. The molecule has 1 fully saturated rings. The van der Waals surface area contributed by atoms with Gasteiger partial charge in [-0.3, -0.25) is 0 Å². The molecule has 168 valence electrons. The van der Waals surface area contributed by atoms with Crippen LogP contribution in [0.4, 0.5) is 11.4 Å². The van der Waals surface area contributed by atoms with E-state index in [0.717, 1.165) is 46.4 Å². The second-order valence-electron chi connectivity index (χ2n) is 8.61. The molecule has 5 rings (SSSR count). The number of fused-ring (bicyclic) bond motifs is 1. The molecule has 33 heavy (non-hydrogen) atoms. The minimum absolute atomic E-state index is 0.544. The molecule has 1 heterocycles. The largest absolute Gasteiger partial charge is 0.489 e. The molecule has 0 spiro atoms. The Labute approximate surface area is 201 Å². The Morgan fingerprint density at radius 1 is 0.818 bits per heavy atom. The van der Waals surface area contributed by atoms with Crippen LogP contribution in [0.5, 0.6) is 5.75 Å². The van der Waals surface area contributed by atoms with E-state index in [2.05, 4.69) is 70.9 Å². The number of nitrogens with one attached hydrogen (secondary N) is 1. The molecule has 4 aromatic carbocycles. The summed E-state index contributed by atoms with van der Waals surface area (Å²) in [5.74, 6) is 0.904. The van der Waals surface area contributed by atoms with Crippen molar-refractivity contribution in [3.8, 4) is 5.75 Å². The van der Waals surface area contributed by atoms with Crippen molar-refractivity contribution in [3.05, 3.63) is 101 Å². The molecular formula is C29H29ClN2O. The van der Waals surface area contributed by atoms with E-state index in [4.69, 9.17) is 16.3 Å². The highest BCUT2D eigenvalue weighted by molar-refractivity contribution is 6.33. The van der Waals surface area contributed by atoms with Crippen molar-refractivity contribution in [1.82, 2.24) is 0 Å². The predicted octanol–water partition coefficient (Wildman–Crippen LogP) is 7.67. The topological polar surface area (TPSA) is 24.5 Å².